The van der Waals surface area contributed by atoms with E-state index in [9.17, 15) is 20.2 Å². The van der Waals surface area contributed by atoms with Crippen LogP contribution in [-0.4, -0.2) is 42.2 Å². The number of hydrogen-bond acceptors (Lipinski definition) is 11. The lowest BCUT2D eigenvalue weighted by molar-refractivity contribution is -0.380. The molecule has 2 aromatic heterocycles. The van der Waals surface area contributed by atoms with Gasteiger partial charge in [0.25, 0.3) is 0 Å². The highest BCUT2D eigenvalue weighted by Gasteiger charge is 2.25. The maximum atomic E-state index is 12.0. The van der Waals surface area contributed by atoms with Gasteiger partial charge in [-0.3, -0.25) is 10.1 Å². The molecule has 0 saturated carbocycles. The smallest absolute Gasteiger partial charge is 0.344 e. The maximum absolute atomic E-state index is 12.0. The predicted molar refractivity (Wildman–Crippen MR) is 89.9 cm³/mol. The van der Waals surface area contributed by atoms with Gasteiger partial charge in [0.05, 0.1) is 23.2 Å². The van der Waals surface area contributed by atoms with E-state index in [1.807, 2.05) is 6.07 Å². The van der Waals surface area contributed by atoms with E-state index in [1.165, 1.54) is 27.4 Å². The predicted octanol–water partition coefficient (Wildman–Crippen LogP) is 2.55. The number of esters is 1. The first-order valence-electron chi connectivity index (χ1n) is 6.82. The van der Waals surface area contributed by atoms with Crippen LogP contribution in [0.1, 0.15) is 27.9 Å². The Labute approximate surface area is 155 Å². The van der Waals surface area contributed by atoms with Crippen molar-refractivity contribution in [2.24, 2.45) is 0 Å². The summed E-state index contributed by atoms with van der Waals surface area (Å²) in [6.07, 6.45) is 0.150. The number of thiazole rings is 1. The number of ether oxygens (including phenoxy) is 3. The molecular formula is C14H12N4O6S2. The highest BCUT2D eigenvalue weighted by Crippen LogP contribution is 2.36. The van der Waals surface area contributed by atoms with Gasteiger partial charge in [-0.25, -0.2) is 14.8 Å². The van der Waals surface area contributed by atoms with Crippen molar-refractivity contribution in [1.29, 1.82) is 5.26 Å². The van der Waals surface area contributed by atoms with Crippen molar-refractivity contribution in [2.45, 2.75) is 15.7 Å². The third-order valence-electron chi connectivity index (χ3n) is 3.03. The second-order valence-electron chi connectivity index (χ2n) is 4.50. The molecule has 0 aliphatic rings. The molecule has 0 fully saturated rings. The maximum Gasteiger partial charge on any atom is 0.344 e. The first-order valence-corrected chi connectivity index (χ1v) is 8.45. The molecule has 0 saturated heterocycles. The molecule has 0 radical (unpaired) electrons. The zero-order valence-corrected chi connectivity index (χ0v) is 15.4. The minimum absolute atomic E-state index is 0.0206. The van der Waals surface area contributed by atoms with Crippen molar-refractivity contribution >= 4 is 34.1 Å². The number of carbonyl (C=O) groups is 1. The van der Waals surface area contributed by atoms with Gasteiger partial charge in [0.2, 0.25) is 6.29 Å². The number of nitriles is 1. The van der Waals surface area contributed by atoms with Crippen LogP contribution >= 0.6 is 23.1 Å². The molecule has 0 unspecified atom stereocenters. The molecule has 2 rings (SSSR count). The average Bonchev–Trinajstić information content (AvgIpc) is 3.11. The summed E-state index contributed by atoms with van der Waals surface area (Å²) in [6, 6.07) is 3.25. The largest absolute Gasteiger partial charge is 0.465 e. The molecule has 0 aromatic carbocycles. The fourth-order valence-electron chi connectivity index (χ4n) is 1.90. The molecule has 2 aromatic rings. The molecule has 0 aliphatic heterocycles. The Morgan fingerprint density at radius 2 is 2.12 bits per heavy atom. The van der Waals surface area contributed by atoms with Crippen molar-refractivity contribution in [1.82, 2.24) is 9.97 Å². The molecule has 26 heavy (non-hydrogen) atoms. The summed E-state index contributed by atoms with van der Waals surface area (Å²) in [5.74, 6) is -0.704. The topological polar surface area (TPSA) is 137 Å². The monoisotopic (exact) mass is 396 g/mol. The molecule has 0 aliphatic carbocycles. The van der Waals surface area contributed by atoms with Gasteiger partial charge >= 0.3 is 11.0 Å². The van der Waals surface area contributed by atoms with Gasteiger partial charge in [0, 0.05) is 14.2 Å². The van der Waals surface area contributed by atoms with Crippen LogP contribution in [0.4, 0.5) is 5.00 Å². The second-order valence-corrected chi connectivity index (χ2v) is 6.75. The van der Waals surface area contributed by atoms with Crippen LogP contribution in [0.25, 0.3) is 0 Å². The molecule has 0 atom stereocenters. The second kappa shape index (κ2) is 8.68. The molecule has 0 spiro atoms. The van der Waals surface area contributed by atoms with Crippen LogP contribution in [0.2, 0.25) is 0 Å². The van der Waals surface area contributed by atoms with E-state index in [0.29, 0.717) is 4.34 Å². The summed E-state index contributed by atoms with van der Waals surface area (Å²) in [5, 5.41) is 20.2. The molecule has 0 amide bonds. The Hall–Kier alpha value is -2.59. The summed E-state index contributed by atoms with van der Waals surface area (Å²) >= 11 is 1.81. The van der Waals surface area contributed by atoms with E-state index in [-0.39, 0.29) is 26.8 Å². The Kier molecular flexibility index (Phi) is 6.58. The standard InChI is InChI=1S/C14H12N4O6S2/c1-22-12(19)8-4-7(5-15)11(17-10(8)13(23-2)24-3)26-14-16-6-9(25-14)18(20)21/h4,6,13H,1-3H3. The number of pyridine rings is 1. The van der Waals surface area contributed by atoms with Crippen LogP contribution in [0.3, 0.4) is 0 Å². The quantitative estimate of drug-likeness (QED) is 0.297. The normalized spacial score (nSPS) is 10.6. The highest BCUT2D eigenvalue weighted by molar-refractivity contribution is 8.01. The van der Waals surface area contributed by atoms with Gasteiger partial charge in [0.1, 0.15) is 23.0 Å². The van der Waals surface area contributed by atoms with Crippen molar-refractivity contribution in [2.75, 3.05) is 21.3 Å². The molecule has 0 bridgehead atoms. The number of methoxy groups -OCH3 is 3. The lowest BCUT2D eigenvalue weighted by Gasteiger charge is -2.17. The average molecular weight is 396 g/mol. The minimum Gasteiger partial charge on any atom is -0.465 e. The number of nitrogens with zero attached hydrogens (tertiary/aromatic N) is 4. The third-order valence-corrected chi connectivity index (χ3v) is 5.06. The first kappa shape index (κ1) is 19.7. The number of hydrogen-bond donors (Lipinski definition) is 0. The molecule has 136 valence electrons. The number of carbonyl (C=O) groups excluding carboxylic acids is 1. The highest BCUT2D eigenvalue weighted by atomic mass is 32.2. The van der Waals surface area contributed by atoms with Crippen LogP contribution in [0.5, 0.6) is 0 Å². The summed E-state index contributed by atoms with van der Waals surface area (Å²) in [4.78, 5) is 30.5. The van der Waals surface area contributed by atoms with Crippen molar-refractivity contribution < 1.29 is 23.9 Å². The SMILES string of the molecule is COC(=O)c1cc(C#N)c(Sc2ncc([N+](=O)[O-])s2)nc1C(OC)OC. The summed E-state index contributed by atoms with van der Waals surface area (Å²) < 4.78 is 15.3. The fraction of sp³-hybridized carbons (Fsp3) is 0.286. The van der Waals surface area contributed by atoms with Gasteiger partial charge in [-0.1, -0.05) is 0 Å². The Morgan fingerprint density at radius 1 is 1.42 bits per heavy atom. The van der Waals surface area contributed by atoms with E-state index >= 15 is 0 Å². The van der Waals surface area contributed by atoms with Gasteiger partial charge < -0.3 is 14.2 Å². The van der Waals surface area contributed by atoms with Crippen LogP contribution in [-0.2, 0) is 14.2 Å². The molecule has 12 heteroatoms. The lowest BCUT2D eigenvalue weighted by Crippen LogP contribution is -2.15. The summed E-state index contributed by atoms with van der Waals surface area (Å²) in [5.41, 5.74) is 0.226. The molecule has 2 heterocycles. The van der Waals surface area contributed by atoms with Crippen molar-refractivity contribution in [3.63, 3.8) is 0 Å². The summed E-state index contributed by atoms with van der Waals surface area (Å²) in [6.45, 7) is 0. The Morgan fingerprint density at radius 3 is 2.62 bits per heavy atom. The van der Waals surface area contributed by atoms with Gasteiger partial charge in [-0.15, -0.1) is 0 Å². The van der Waals surface area contributed by atoms with Crippen molar-refractivity contribution in [3.8, 4) is 6.07 Å². The Bertz CT molecular complexity index is 875. The Balaban J connectivity index is 2.53. The lowest BCUT2D eigenvalue weighted by atomic mass is 10.1. The summed E-state index contributed by atoms with van der Waals surface area (Å²) in [7, 11) is 3.93. The van der Waals surface area contributed by atoms with Gasteiger partial charge in [-0.2, -0.15) is 5.26 Å². The molecule has 0 N–H and O–H groups in total. The van der Waals surface area contributed by atoms with Gasteiger partial charge in [-0.05, 0) is 29.2 Å². The van der Waals surface area contributed by atoms with Crippen LogP contribution < -0.4 is 0 Å². The zero-order chi connectivity index (χ0) is 19.3. The zero-order valence-electron chi connectivity index (χ0n) is 13.8. The van der Waals surface area contributed by atoms with E-state index in [1.54, 1.807) is 0 Å². The van der Waals surface area contributed by atoms with Crippen LogP contribution in [0.15, 0.2) is 21.6 Å². The number of nitro groups is 1. The fourth-order valence-corrected chi connectivity index (χ4v) is 3.66. The first-order chi connectivity index (χ1) is 12.4. The number of rotatable bonds is 7. The molecular weight excluding hydrogens is 384 g/mol. The van der Waals surface area contributed by atoms with E-state index in [4.69, 9.17) is 14.2 Å². The van der Waals surface area contributed by atoms with E-state index < -0.39 is 17.2 Å². The minimum atomic E-state index is -0.971. The van der Waals surface area contributed by atoms with E-state index in [0.717, 1.165) is 29.3 Å². The third kappa shape index (κ3) is 4.14. The van der Waals surface area contributed by atoms with E-state index in [2.05, 4.69) is 9.97 Å². The van der Waals surface area contributed by atoms with Crippen LogP contribution in [0, 0.1) is 21.4 Å². The molecule has 10 nitrogen and oxygen atoms in total. The van der Waals surface area contributed by atoms with Gasteiger partial charge in [0.15, 0.2) is 4.34 Å². The van der Waals surface area contributed by atoms with Crippen molar-refractivity contribution in [3.05, 3.63) is 39.2 Å². The number of aromatic nitrogens is 2.